The summed E-state index contributed by atoms with van der Waals surface area (Å²) < 4.78 is 42.9. The van der Waals surface area contributed by atoms with Crippen molar-refractivity contribution >= 4 is 29.5 Å². The number of hydrogen-bond donors (Lipinski definition) is 1. The minimum absolute atomic E-state index is 0.156. The smallest absolute Gasteiger partial charge is 0.416 e. The topological polar surface area (TPSA) is 75.7 Å². The van der Waals surface area contributed by atoms with Crippen LogP contribution in [0.2, 0.25) is 0 Å². The van der Waals surface area contributed by atoms with Gasteiger partial charge in [-0.05, 0) is 42.8 Å². The van der Waals surface area contributed by atoms with E-state index in [1.54, 1.807) is 12.1 Å². The van der Waals surface area contributed by atoms with E-state index >= 15 is 0 Å². The number of esters is 1. The molecule has 0 aromatic heterocycles. The van der Waals surface area contributed by atoms with Crippen LogP contribution in [-0.2, 0) is 25.3 Å². The van der Waals surface area contributed by atoms with Gasteiger partial charge in [0.15, 0.2) is 6.61 Å². The zero-order chi connectivity index (χ0) is 23.0. The molecule has 2 aromatic rings. The van der Waals surface area contributed by atoms with Gasteiger partial charge < -0.3 is 15.0 Å². The highest BCUT2D eigenvalue weighted by Crippen LogP contribution is 2.29. The van der Waals surface area contributed by atoms with E-state index in [-0.39, 0.29) is 12.1 Å². The van der Waals surface area contributed by atoms with Crippen molar-refractivity contribution < 1.29 is 32.3 Å². The van der Waals surface area contributed by atoms with E-state index in [0.717, 1.165) is 34.7 Å². The van der Waals surface area contributed by atoms with Gasteiger partial charge in [0.2, 0.25) is 5.91 Å². The summed E-state index contributed by atoms with van der Waals surface area (Å²) in [5.74, 6) is -1.93. The summed E-state index contributed by atoms with van der Waals surface area (Å²) in [5, 5.41) is 2.64. The number of nitrogens with zero attached hydrogens (tertiary/aromatic N) is 1. The van der Waals surface area contributed by atoms with Gasteiger partial charge >= 0.3 is 12.1 Å². The molecule has 0 atom stereocenters. The lowest BCUT2D eigenvalue weighted by Gasteiger charge is -2.16. The highest BCUT2D eigenvalue weighted by molar-refractivity contribution is 5.95. The number of amides is 2. The molecular formula is C22H21F3N2O4. The summed E-state index contributed by atoms with van der Waals surface area (Å²) in [6.07, 6.45) is -2.42. The van der Waals surface area contributed by atoms with E-state index in [1.807, 2.05) is 19.1 Å². The fourth-order valence-electron chi connectivity index (χ4n) is 2.42. The van der Waals surface area contributed by atoms with E-state index < -0.39 is 36.1 Å². The van der Waals surface area contributed by atoms with Crippen molar-refractivity contribution in [3.8, 4) is 0 Å². The number of aryl methyl sites for hydroxylation is 1. The van der Waals surface area contributed by atoms with E-state index in [1.165, 1.54) is 19.2 Å². The molecule has 6 nitrogen and oxygen atoms in total. The normalized spacial score (nSPS) is 11.3. The van der Waals surface area contributed by atoms with E-state index in [0.29, 0.717) is 5.69 Å². The molecule has 9 heteroatoms. The molecule has 164 valence electrons. The number of alkyl halides is 3. The van der Waals surface area contributed by atoms with Crippen LogP contribution in [0.1, 0.15) is 16.7 Å². The number of nitrogens with one attached hydrogen (secondary N) is 1. The van der Waals surface area contributed by atoms with E-state index in [2.05, 4.69) is 5.32 Å². The summed E-state index contributed by atoms with van der Waals surface area (Å²) >= 11 is 0. The first-order valence-corrected chi connectivity index (χ1v) is 9.17. The Morgan fingerprint density at radius 1 is 1.10 bits per heavy atom. The molecule has 0 spiro atoms. The molecule has 0 fully saturated rings. The Morgan fingerprint density at radius 3 is 2.42 bits per heavy atom. The number of rotatable bonds is 7. The van der Waals surface area contributed by atoms with Gasteiger partial charge in [-0.1, -0.05) is 29.8 Å². The van der Waals surface area contributed by atoms with Gasteiger partial charge in [0, 0.05) is 18.8 Å². The lowest BCUT2D eigenvalue weighted by Crippen LogP contribution is -2.37. The molecule has 0 bridgehead atoms. The third-order valence-electron chi connectivity index (χ3n) is 4.11. The third kappa shape index (κ3) is 7.96. The van der Waals surface area contributed by atoms with Gasteiger partial charge in [-0.25, -0.2) is 4.79 Å². The molecule has 1 N–H and O–H groups in total. The predicted molar refractivity (Wildman–Crippen MR) is 109 cm³/mol. The number of benzene rings is 2. The SMILES string of the molecule is Cc1ccc(NC(=O)CN(C)C(=O)COC(=O)/C=C/c2cccc(C(F)(F)F)c2)cc1. The Bertz CT molecular complexity index is 969. The third-order valence-corrected chi connectivity index (χ3v) is 4.11. The standard InChI is InChI=1S/C22H21F3N2O4/c1-15-6-9-18(10-7-15)26-19(28)13-27(2)20(29)14-31-21(30)11-8-16-4-3-5-17(12-16)22(23,24)25/h3-12H,13-14H2,1-2H3,(H,26,28)/b11-8+. The molecule has 31 heavy (non-hydrogen) atoms. The number of likely N-dealkylation sites (N-methyl/N-ethyl adjacent to an activating group) is 1. The second-order valence-corrected chi connectivity index (χ2v) is 6.73. The molecule has 2 aromatic carbocycles. The van der Waals surface area contributed by atoms with Crippen LogP contribution >= 0.6 is 0 Å². The fourth-order valence-corrected chi connectivity index (χ4v) is 2.42. The van der Waals surface area contributed by atoms with Crippen molar-refractivity contribution in [2.24, 2.45) is 0 Å². The second-order valence-electron chi connectivity index (χ2n) is 6.73. The molecule has 0 heterocycles. The van der Waals surface area contributed by atoms with Crippen LogP contribution in [0.5, 0.6) is 0 Å². The molecule has 0 aliphatic carbocycles. The summed E-state index contributed by atoms with van der Waals surface area (Å²) in [6, 6.07) is 11.5. The molecular weight excluding hydrogens is 413 g/mol. The monoisotopic (exact) mass is 434 g/mol. The highest BCUT2D eigenvalue weighted by Gasteiger charge is 2.30. The molecule has 0 unspecified atom stereocenters. The summed E-state index contributed by atoms with van der Waals surface area (Å²) in [6.45, 7) is 1.05. The minimum Gasteiger partial charge on any atom is -0.452 e. The number of ether oxygens (including phenoxy) is 1. The van der Waals surface area contributed by atoms with Crippen molar-refractivity contribution in [3.05, 3.63) is 71.3 Å². The van der Waals surface area contributed by atoms with Crippen LogP contribution in [0.15, 0.2) is 54.6 Å². The average molecular weight is 434 g/mol. The molecule has 0 saturated carbocycles. The molecule has 0 saturated heterocycles. The van der Waals surface area contributed by atoms with Gasteiger partial charge in [0.05, 0.1) is 12.1 Å². The zero-order valence-corrected chi connectivity index (χ0v) is 16.9. The van der Waals surface area contributed by atoms with Crippen molar-refractivity contribution in [1.82, 2.24) is 4.90 Å². The first kappa shape index (κ1) is 23.7. The first-order chi connectivity index (χ1) is 14.5. The molecule has 0 aliphatic rings. The van der Waals surface area contributed by atoms with Crippen molar-refractivity contribution in [2.45, 2.75) is 13.1 Å². The number of carbonyl (C=O) groups is 3. The second kappa shape index (κ2) is 10.4. The van der Waals surface area contributed by atoms with E-state index in [4.69, 9.17) is 4.74 Å². The predicted octanol–water partition coefficient (Wildman–Crippen LogP) is 3.67. The van der Waals surface area contributed by atoms with Crippen LogP contribution < -0.4 is 5.32 Å². The van der Waals surface area contributed by atoms with Crippen molar-refractivity contribution in [1.29, 1.82) is 0 Å². The van der Waals surface area contributed by atoms with Crippen LogP contribution in [0.4, 0.5) is 18.9 Å². The number of anilines is 1. The Balaban J connectivity index is 1.80. The summed E-state index contributed by atoms with van der Waals surface area (Å²) in [4.78, 5) is 36.9. The molecule has 2 amide bonds. The Hall–Kier alpha value is -3.62. The Morgan fingerprint density at radius 2 is 1.77 bits per heavy atom. The van der Waals surface area contributed by atoms with Gasteiger partial charge in [0.1, 0.15) is 0 Å². The van der Waals surface area contributed by atoms with Gasteiger partial charge in [-0.15, -0.1) is 0 Å². The lowest BCUT2D eigenvalue weighted by molar-refractivity contribution is -0.148. The summed E-state index contributed by atoms with van der Waals surface area (Å²) in [7, 11) is 1.38. The maximum Gasteiger partial charge on any atom is 0.416 e. The lowest BCUT2D eigenvalue weighted by atomic mass is 10.1. The quantitative estimate of drug-likeness (QED) is 0.533. The molecule has 0 aliphatic heterocycles. The minimum atomic E-state index is -4.49. The Kier molecular flexibility index (Phi) is 7.95. The van der Waals surface area contributed by atoms with Crippen molar-refractivity contribution in [2.75, 3.05) is 25.5 Å². The van der Waals surface area contributed by atoms with Gasteiger partial charge in [-0.3, -0.25) is 9.59 Å². The zero-order valence-electron chi connectivity index (χ0n) is 16.9. The maximum atomic E-state index is 12.7. The van der Waals surface area contributed by atoms with Crippen LogP contribution in [-0.4, -0.2) is 42.9 Å². The molecule has 2 rings (SSSR count). The van der Waals surface area contributed by atoms with Gasteiger partial charge in [0.25, 0.3) is 5.91 Å². The largest absolute Gasteiger partial charge is 0.452 e. The number of halogens is 3. The van der Waals surface area contributed by atoms with Crippen LogP contribution in [0, 0.1) is 6.92 Å². The first-order valence-electron chi connectivity index (χ1n) is 9.17. The fraction of sp³-hybridized carbons (Fsp3) is 0.227. The van der Waals surface area contributed by atoms with Gasteiger partial charge in [-0.2, -0.15) is 13.2 Å². The number of hydrogen-bond acceptors (Lipinski definition) is 4. The molecule has 0 radical (unpaired) electrons. The Labute approximate surface area is 177 Å². The average Bonchev–Trinajstić information content (AvgIpc) is 2.71. The highest BCUT2D eigenvalue weighted by atomic mass is 19.4. The van der Waals surface area contributed by atoms with E-state index in [9.17, 15) is 27.6 Å². The van der Waals surface area contributed by atoms with Crippen molar-refractivity contribution in [3.63, 3.8) is 0 Å². The maximum absolute atomic E-state index is 12.7. The summed E-state index contributed by atoms with van der Waals surface area (Å²) in [5.41, 5.74) is 0.934. The van der Waals surface area contributed by atoms with Crippen LogP contribution in [0.3, 0.4) is 0 Å². The van der Waals surface area contributed by atoms with Crippen LogP contribution in [0.25, 0.3) is 6.08 Å². The number of carbonyl (C=O) groups excluding carboxylic acids is 3.